The Morgan fingerprint density at radius 3 is 2.69 bits per heavy atom. The number of nitrogens with one attached hydrogen (secondary N) is 3. The maximum absolute atomic E-state index is 12.0. The first-order valence-electron chi connectivity index (χ1n) is 8.96. The van der Waals surface area contributed by atoms with Crippen LogP contribution in [0.5, 0.6) is 0 Å². The first-order chi connectivity index (χ1) is 12.4. The van der Waals surface area contributed by atoms with Gasteiger partial charge in [0.25, 0.3) is 0 Å². The minimum absolute atomic E-state index is 0.0483. The van der Waals surface area contributed by atoms with Crippen LogP contribution in [-0.2, 0) is 21.2 Å². The summed E-state index contributed by atoms with van der Waals surface area (Å²) in [5.74, 6) is 0.722. The highest BCUT2D eigenvalue weighted by Gasteiger charge is 2.28. The van der Waals surface area contributed by atoms with Crippen molar-refractivity contribution < 1.29 is 13.2 Å². The van der Waals surface area contributed by atoms with E-state index in [1.807, 2.05) is 25.1 Å². The molecular weight excluding hydrogens is 352 g/mol. The van der Waals surface area contributed by atoms with E-state index in [4.69, 9.17) is 0 Å². The molecule has 1 amide bonds. The highest BCUT2D eigenvalue weighted by molar-refractivity contribution is 7.91. The van der Waals surface area contributed by atoms with Gasteiger partial charge in [-0.05, 0) is 31.4 Å². The third kappa shape index (κ3) is 6.67. The molecule has 8 heteroatoms. The van der Waals surface area contributed by atoms with E-state index >= 15 is 0 Å². The normalized spacial score (nSPS) is 19.2. The highest BCUT2D eigenvalue weighted by atomic mass is 32.2. The van der Waals surface area contributed by atoms with Gasteiger partial charge in [0, 0.05) is 25.6 Å². The Labute approximate surface area is 155 Å². The molecule has 3 N–H and O–H groups in total. The van der Waals surface area contributed by atoms with E-state index in [-0.39, 0.29) is 29.9 Å². The number of sulfone groups is 1. The van der Waals surface area contributed by atoms with E-state index in [0.717, 1.165) is 12.1 Å². The number of guanidine groups is 1. The molecule has 0 spiro atoms. The molecule has 1 unspecified atom stereocenters. The summed E-state index contributed by atoms with van der Waals surface area (Å²) in [7, 11) is -2.98. The number of aryl methyl sites for hydroxylation is 1. The van der Waals surface area contributed by atoms with E-state index in [0.29, 0.717) is 25.5 Å². The molecule has 1 saturated heterocycles. The summed E-state index contributed by atoms with van der Waals surface area (Å²) in [6.45, 7) is 5.77. The van der Waals surface area contributed by atoms with E-state index in [9.17, 15) is 13.2 Å². The van der Waals surface area contributed by atoms with E-state index < -0.39 is 9.84 Å². The van der Waals surface area contributed by atoms with Crippen LogP contribution in [0.2, 0.25) is 0 Å². The molecule has 1 aliphatic rings. The van der Waals surface area contributed by atoms with Crippen LogP contribution in [0.1, 0.15) is 30.9 Å². The second-order valence-electron chi connectivity index (χ2n) is 6.47. The van der Waals surface area contributed by atoms with Crippen LogP contribution in [0.15, 0.2) is 29.3 Å². The number of carbonyl (C=O) groups is 1. The van der Waals surface area contributed by atoms with Gasteiger partial charge in [0.05, 0.1) is 18.1 Å². The van der Waals surface area contributed by atoms with Crippen LogP contribution in [0, 0.1) is 6.92 Å². The van der Waals surface area contributed by atoms with Gasteiger partial charge in [-0.15, -0.1) is 0 Å². The minimum atomic E-state index is -2.98. The molecule has 2 rings (SSSR count). The van der Waals surface area contributed by atoms with Gasteiger partial charge in [-0.2, -0.15) is 0 Å². The van der Waals surface area contributed by atoms with E-state index in [1.54, 1.807) is 0 Å². The molecule has 1 aliphatic heterocycles. The number of hydrogen-bond donors (Lipinski definition) is 3. The quantitative estimate of drug-likeness (QED) is 0.479. The molecule has 1 fully saturated rings. The van der Waals surface area contributed by atoms with Crippen molar-refractivity contribution in [3.63, 3.8) is 0 Å². The number of aliphatic imine (C=N–C) groups is 1. The molecule has 1 aromatic carbocycles. The van der Waals surface area contributed by atoms with Crippen LogP contribution in [-0.4, -0.2) is 50.9 Å². The Kier molecular flexibility index (Phi) is 7.44. The summed E-state index contributed by atoms with van der Waals surface area (Å²) < 4.78 is 22.8. The number of benzene rings is 1. The Bertz CT molecular complexity index is 747. The molecular formula is C18H28N4O3S. The maximum Gasteiger partial charge on any atom is 0.222 e. The van der Waals surface area contributed by atoms with Crippen LogP contribution in [0.25, 0.3) is 0 Å². The smallest absolute Gasteiger partial charge is 0.222 e. The lowest BCUT2D eigenvalue weighted by molar-refractivity contribution is -0.121. The third-order valence-electron chi connectivity index (χ3n) is 4.26. The van der Waals surface area contributed by atoms with Crippen LogP contribution in [0.4, 0.5) is 0 Å². The lowest BCUT2D eigenvalue weighted by Gasteiger charge is -2.13. The van der Waals surface area contributed by atoms with Gasteiger partial charge in [0.1, 0.15) is 0 Å². The predicted molar refractivity (Wildman–Crippen MR) is 104 cm³/mol. The fourth-order valence-electron chi connectivity index (χ4n) is 2.80. The molecule has 7 nitrogen and oxygen atoms in total. The summed E-state index contributed by atoms with van der Waals surface area (Å²) in [4.78, 5) is 16.5. The molecule has 1 heterocycles. The molecule has 0 radical (unpaired) electrons. The van der Waals surface area contributed by atoms with Gasteiger partial charge in [0.2, 0.25) is 5.91 Å². The Balaban J connectivity index is 1.78. The van der Waals surface area contributed by atoms with Crippen molar-refractivity contribution >= 4 is 21.7 Å². The predicted octanol–water partition coefficient (Wildman–Crippen LogP) is 0.744. The highest BCUT2D eigenvalue weighted by Crippen LogP contribution is 2.11. The van der Waals surface area contributed by atoms with Gasteiger partial charge in [0.15, 0.2) is 15.8 Å². The van der Waals surface area contributed by atoms with E-state index in [2.05, 4.69) is 33.9 Å². The molecule has 0 aromatic heterocycles. The molecule has 1 atom stereocenters. The average molecular weight is 381 g/mol. The summed E-state index contributed by atoms with van der Waals surface area (Å²) in [6.07, 6.45) is 0.771. The second-order valence-corrected chi connectivity index (χ2v) is 8.69. The van der Waals surface area contributed by atoms with Crippen molar-refractivity contribution in [3.05, 3.63) is 35.4 Å². The number of carbonyl (C=O) groups excluding carboxylic acids is 1. The van der Waals surface area contributed by atoms with Crippen molar-refractivity contribution in [2.45, 2.75) is 39.3 Å². The number of amides is 1. The van der Waals surface area contributed by atoms with Gasteiger partial charge < -0.3 is 16.0 Å². The Hall–Kier alpha value is -2.09. The molecule has 26 heavy (non-hydrogen) atoms. The summed E-state index contributed by atoms with van der Waals surface area (Å²) in [5, 5.41) is 9.09. The monoisotopic (exact) mass is 380 g/mol. The van der Waals surface area contributed by atoms with Crippen molar-refractivity contribution in [2.75, 3.05) is 24.6 Å². The van der Waals surface area contributed by atoms with Crippen molar-refractivity contribution in [1.82, 2.24) is 16.0 Å². The largest absolute Gasteiger partial charge is 0.357 e. The SMILES string of the molecule is CCNC(=NCc1ccccc1C)NCCC(=O)NC1CCS(=O)(=O)C1. The zero-order valence-corrected chi connectivity index (χ0v) is 16.2. The molecule has 0 aliphatic carbocycles. The zero-order chi connectivity index (χ0) is 19.0. The van der Waals surface area contributed by atoms with Crippen LogP contribution < -0.4 is 16.0 Å². The molecule has 0 saturated carbocycles. The maximum atomic E-state index is 12.0. The van der Waals surface area contributed by atoms with Crippen LogP contribution >= 0.6 is 0 Å². The minimum Gasteiger partial charge on any atom is -0.357 e. The second kappa shape index (κ2) is 9.56. The lowest BCUT2D eigenvalue weighted by Crippen LogP contribution is -2.41. The van der Waals surface area contributed by atoms with E-state index in [1.165, 1.54) is 5.56 Å². The fourth-order valence-corrected chi connectivity index (χ4v) is 4.47. The molecule has 0 bridgehead atoms. The third-order valence-corrected chi connectivity index (χ3v) is 6.02. The molecule has 1 aromatic rings. The summed E-state index contributed by atoms with van der Waals surface area (Å²) in [5.41, 5.74) is 2.35. The Morgan fingerprint density at radius 2 is 2.04 bits per heavy atom. The fraction of sp³-hybridized carbons (Fsp3) is 0.556. The lowest BCUT2D eigenvalue weighted by atomic mass is 10.1. The Morgan fingerprint density at radius 1 is 1.27 bits per heavy atom. The van der Waals surface area contributed by atoms with Crippen LogP contribution in [0.3, 0.4) is 0 Å². The topological polar surface area (TPSA) is 99.7 Å². The van der Waals surface area contributed by atoms with Crippen molar-refractivity contribution in [2.24, 2.45) is 4.99 Å². The zero-order valence-electron chi connectivity index (χ0n) is 15.4. The van der Waals surface area contributed by atoms with Gasteiger partial charge >= 0.3 is 0 Å². The summed E-state index contributed by atoms with van der Waals surface area (Å²) >= 11 is 0. The average Bonchev–Trinajstić information content (AvgIpc) is 2.92. The first kappa shape index (κ1) is 20.2. The van der Waals surface area contributed by atoms with Crippen molar-refractivity contribution in [3.8, 4) is 0 Å². The number of nitrogens with zero attached hydrogens (tertiary/aromatic N) is 1. The van der Waals surface area contributed by atoms with Crippen molar-refractivity contribution in [1.29, 1.82) is 0 Å². The van der Waals surface area contributed by atoms with Gasteiger partial charge in [-0.3, -0.25) is 4.79 Å². The van der Waals surface area contributed by atoms with Gasteiger partial charge in [-0.25, -0.2) is 13.4 Å². The summed E-state index contributed by atoms with van der Waals surface area (Å²) in [6, 6.07) is 7.84. The molecule has 144 valence electrons. The number of rotatable bonds is 7. The first-order valence-corrected chi connectivity index (χ1v) is 10.8. The van der Waals surface area contributed by atoms with Gasteiger partial charge in [-0.1, -0.05) is 24.3 Å². The standard InChI is InChI=1S/C18H28N4O3S/c1-3-19-18(21-12-15-7-5-4-6-14(15)2)20-10-8-17(23)22-16-9-11-26(24,25)13-16/h4-7,16H,3,8-13H2,1-2H3,(H,22,23)(H2,19,20,21). The number of hydrogen-bond acceptors (Lipinski definition) is 4.